The first-order chi connectivity index (χ1) is 12.7. The van der Waals surface area contributed by atoms with E-state index in [0.29, 0.717) is 0 Å². The van der Waals surface area contributed by atoms with Crippen LogP contribution in [0.4, 0.5) is 18.9 Å². The van der Waals surface area contributed by atoms with Crippen LogP contribution in [0.2, 0.25) is 0 Å². The molecule has 2 rings (SSSR count). The van der Waals surface area contributed by atoms with Gasteiger partial charge in [-0.05, 0) is 30.7 Å². The Hall–Kier alpha value is -3.61. The molecule has 27 heavy (non-hydrogen) atoms. The lowest BCUT2D eigenvalue weighted by Crippen LogP contribution is -2.16. The number of nitro groups is 1. The third-order valence-electron chi connectivity index (χ3n) is 3.37. The summed E-state index contributed by atoms with van der Waals surface area (Å²) in [5.41, 5.74) is -1.21. The highest BCUT2D eigenvalue weighted by Crippen LogP contribution is 2.34. The van der Waals surface area contributed by atoms with Crippen LogP contribution in [-0.4, -0.2) is 23.9 Å². The standard InChI is InChI=1S/C17H11F3N2O5/c1-2-26-16(23)13-8-7-12(14(9-21)15(13)22(24)25)10-3-5-11(6-4-10)27-17(18,19)20/h3-8H,2H2,1H3. The largest absolute Gasteiger partial charge is 0.573 e. The van der Waals surface area contributed by atoms with Crippen LogP contribution in [0.15, 0.2) is 36.4 Å². The van der Waals surface area contributed by atoms with Crippen molar-refractivity contribution in [3.8, 4) is 22.9 Å². The Morgan fingerprint density at radius 2 is 1.85 bits per heavy atom. The quantitative estimate of drug-likeness (QED) is 0.437. The molecule has 0 aliphatic carbocycles. The molecular formula is C17H11F3N2O5. The molecule has 0 amide bonds. The van der Waals surface area contributed by atoms with Gasteiger partial charge in [-0.1, -0.05) is 18.2 Å². The first-order valence-corrected chi connectivity index (χ1v) is 7.42. The molecule has 0 N–H and O–H groups in total. The number of hydrogen-bond donors (Lipinski definition) is 0. The van der Waals surface area contributed by atoms with Gasteiger partial charge in [0.2, 0.25) is 0 Å². The summed E-state index contributed by atoms with van der Waals surface area (Å²) in [6, 6.07) is 8.54. The predicted molar refractivity (Wildman–Crippen MR) is 85.9 cm³/mol. The number of halogens is 3. The number of benzene rings is 2. The molecule has 0 aromatic heterocycles. The second kappa shape index (κ2) is 7.74. The lowest BCUT2D eigenvalue weighted by atomic mass is 9.96. The number of ether oxygens (including phenoxy) is 2. The Balaban J connectivity index is 2.55. The second-order valence-corrected chi connectivity index (χ2v) is 5.05. The van der Waals surface area contributed by atoms with Crippen molar-refractivity contribution in [2.75, 3.05) is 6.61 Å². The average Bonchev–Trinajstić information content (AvgIpc) is 2.59. The van der Waals surface area contributed by atoms with Gasteiger partial charge in [-0.2, -0.15) is 5.26 Å². The van der Waals surface area contributed by atoms with Gasteiger partial charge in [0.25, 0.3) is 0 Å². The lowest BCUT2D eigenvalue weighted by molar-refractivity contribution is -0.385. The average molecular weight is 380 g/mol. The fraction of sp³-hybridized carbons (Fsp3) is 0.176. The molecule has 0 atom stereocenters. The van der Waals surface area contributed by atoms with E-state index >= 15 is 0 Å². The van der Waals surface area contributed by atoms with Gasteiger partial charge < -0.3 is 9.47 Å². The summed E-state index contributed by atoms with van der Waals surface area (Å²) in [5, 5.41) is 20.8. The molecule has 0 aliphatic heterocycles. The van der Waals surface area contributed by atoms with Crippen LogP contribution in [0.5, 0.6) is 5.75 Å². The maximum absolute atomic E-state index is 12.2. The molecule has 140 valence electrons. The second-order valence-electron chi connectivity index (χ2n) is 5.05. The topological polar surface area (TPSA) is 102 Å². The third-order valence-corrected chi connectivity index (χ3v) is 3.37. The zero-order valence-electron chi connectivity index (χ0n) is 13.7. The Morgan fingerprint density at radius 3 is 2.33 bits per heavy atom. The van der Waals surface area contributed by atoms with Crippen LogP contribution in [-0.2, 0) is 4.74 Å². The molecule has 7 nitrogen and oxygen atoms in total. The summed E-state index contributed by atoms with van der Waals surface area (Å²) in [6.07, 6.45) is -4.86. The zero-order valence-corrected chi connectivity index (χ0v) is 13.7. The summed E-state index contributed by atoms with van der Waals surface area (Å²) in [6.45, 7) is 1.51. The van der Waals surface area contributed by atoms with Crippen molar-refractivity contribution < 1.29 is 32.4 Å². The van der Waals surface area contributed by atoms with Crippen molar-refractivity contribution in [2.45, 2.75) is 13.3 Å². The van der Waals surface area contributed by atoms with Gasteiger partial charge in [0.1, 0.15) is 22.9 Å². The summed E-state index contributed by atoms with van der Waals surface area (Å²) in [7, 11) is 0. The number of nitro benzene ring substituents is 1. The van der Waals surface area contributed by atoms with Gasteiger partial charge in [-0.15, -0.1) is 13.2 Å². The highest BCUT2D eigenvalue weighted by molar-refractivity contribution is 5.97. The molecular weight excluding hydrogens is 369 g/mol. The van der Waals surface area contributed by atoms with E-state index in [1.165, 1.54) is 25.1 Å². The molecule has 10 heteroatoms. The van der Waals surface area contributed by atoms with Crippen LogP contribution in [0.3, 0.4) is 0 Å². The van der Waals surface area contributed by atoms with Crippen molar-refractivity contribution in [3.63, 3.8) is 0 Å². The minimum atomic E-state index is -4.86. The van der Waals surface area contributed by atoms with Gasteiger partial charge >= 0.3 is 18.0 Å². The lowest BCUT2D eigenvalue weighted by Gasteiger charge is -2.11. The molecule has 2 aromatic carbocycles. The molecule has 0 fully saturated rings. The summed E-state index contributed by atoms with van der Waals surface area (Å²) in [5.74, 6) is -1.44. The number of carbonyl (C=O) groups is 1. The van der Waals surface area contributed by atoms with Crippen molar-refractivity contribution in [2.24, 2.45) is 0 Å². The van der Waals surface area contributed by atoms with Crippen molar-refractivity contribution in [1.29, 1.82) is 5.26 Å². The van der Waals surface area contributed by atoms with Gasteiger partial charge in [0.15, 0.2) is 0 Å². The van der Waals surface area contributed by atoms with E-state index in [0.717, 1.165) is 18.2 Å². The summed E-state index contributed by atoms with van der Waals surface area (Å²) >= 11 is 0. The van der Waals surface area contributed by atoms with Crippen molar-refractivity contribution >= 4 is 11.7 Å². The molecule has 0 heterocycles. The van der Waals surface area contributed by atoms with E-state index in [1.54, 1.807) is 6.07 Å². The summed E-state index contributed by atoms with van der Waals surface area (Å²) < 4.78 is 45.2. The number of rotatable bonds is 5. The number of nitrogens with zero attached hydrogens (tertiary/aromatic N) is 2. The molecule has 0 unspecified atom stereocenters. The zero-order chi connectivity index (χ0) is 20.2. The monoisotopic (exact) mass is 380 g/mol. The highest BCUT2D eigenvalue weighted by Gasteiger charge is 2.31. The molecule has 0 spiro atoms. The van der Waals surface area contributed by atoms with E-state index in [1.807, 2.05) is 0 Å². The number of hydrogen-bond acceptors (Lipinski definition) is 6. The third kappa shape index (κ3) is 4.52. The van der Waals surface area contributed by atoms with Gasteiger partial charge in [-0.3, -0.25) is 10.1 Å². The van der Waals surface area contributed by atoms with E-state index in [9.17, 15) is 33.3 Å². The fourth-order valence-electron chi connectivity index (χ4n) is 2.34. The van der Waals surface area contributed by atoms with E-state index < -0.39 is 34.3 Å². The molecule has 0 saturated heterocycles. The predicted octanol–water partition coefficient (Wildman–Crippen LogP) is 4.21. The Kier molecular flexibility index (Phi) is 5.65. The molecule has 2 aromatic rings. The number of nitriles is 1. The van der Waals surface area contributed by atoms with Crippen LogP contribution in [0, 0.1) is 21.4 Å². The highest BCUT2D eigenvalue weighted by atomic mass is 19.4. The Labute approximate surface area is 150 Å². The van der Waals surface area contributed by atoms with Crippen molar-refractivity contribution in [3.05, 3.63) is 57.6 Å². The molecule has 0 bridgehead atoms. The molecule has 0 aliphatic rings. The van der Waals surface area contributed by atoms with Crippen molar-refractivity contribution in [1.82, 2.24) is 0 Å². The number of alkyl halides is 3. The van der Waals surface area contributed by atoms with Gasteiger partial charge in [-0.25, -0.2) is 4.79 Å². The van der Waals surface area contributed by atoms with E-state index in [2.05, 4.69) is 4.74 Å². The van der Waals surface area contributed by atoms with E-state index in [-0.39, 0.29) is 23.3 Å². The first-order valence-electron chi connectivity index (χ1n) is 7.42. The maximum atomic E-state index is 12.2. The minimum absolute atomic E-state index is 0.0136. The van der Waals surface area contributed by atoms with E-state index in [4.69, 9.17) is 4.74 Å². The summed E-state index contributed by atoms with van der Waals surface area (Å²) in [4.78, 5) is 22.4. The number of esters is 1. The fourth-order valence-corrected chi connectivity index (χ4v) is 2.34. The smallest absolute Gasteiger partial charge is 0.462 e. The van der Waals surface area contributed by atoms with Crippen LogP contribution in [0.1, 0.15) is 22.8 Å². The molecule has 0 saturated carbocycles. The maximum Gasteiger partial charge on any atom is 0.573 e. The first kappa shape index (κ1) is 19.7. The van der Waals surface area contributed by atoms with Crippen LogP contribution < -0.4 is 4.74 Å². The van der Waals surface area contributed by atoms with Gasteiger partial charge in [0, 0.05) is 5.56 Å². The van der Waals surface area contributed by atoms with Crippen LogP contribution >= 0.6 is 0 Å². The van der Waals surface area contributed by atoms with Crippen LogP contribution in [0.25, 0.3) is 11.1 Å². The van der Waals surface area contributed by atoms with Gasteiger partial charge in [0.05, 0.1) is 11.5 Å². The Bertz CT molecular complexity index is 918. The Morgan fingerprint density at radius 1 is 1.22 bits per heavy atom. The number of carbonyl (C=O) groups excluding carboxylic acids is 1. The molecule has 0 radical (unpaired) electrons. The normalized spacial score (nSPS) is 10.8. The minimum Gasteiger partial charge on any atom is -0.462 e. The SMILES string of the molecule is CCOC(=O)c1ccc(-c2ccc(OC(F)(F)F)cc2)c(C#N)c1[N+](=O)[O-].